The van der Waals surface area contributed by atoms with Crippen molar-refractivity contribution in [3.63, 3.8) is 0 Å². The van der Waals surface area contributed by atoms with Gasteiger partial charge in [0, 0.05) is 12.1 Å². The third kappa shape index (κ3) is 6.30. The van der Waals surface area contributed by atoms with Gasteiger partial charge in [0.25, 0.3) is 0 Å². The normalized spacial score (nSPS) is 12.4. The van der Waals surface area contributed by atoms with Gasteiger partial charge >= 0.3 is 0 Å². The van der Waals surface area contributed by atoms with Crippen LogP contribution in [0.4, 0.5) is 5.69 Å². The van der Waals surface area contributed by atoms with Crippen molar-refractivity contribution in [2.24, 2.45) is 11.7 Å². The molecule has 0 aliphatic rings. The van der Waals surface area contributed by atoms with Crippen LogP contribution in [0.5, 0.6) is 0 Å². The molecule has 3 nitrogen and oxygen atoms in total. The predicted octanol–water partition coefficient (Wildman–Crippen LogP) is 4.29. The number of carbonyl (C=O) groups excluding carboxylic acids is 1. The summed E-state index contributed by atoms with van der Waals surface area (Å²) in [6, 6.07) is 8.05. The van der Waals surface area contributed by atoms with E-state index < -0.39 is 0 Å². The maximum absolute atomic E-state index is 12.2. The fourth-order valence-electron chi connectivity index (χ4n) is 2.74. The zero-order chi connectivity index (χ0) is 15.7. The molecule has 1 rings (SSSR count). The molecule has 118 valence electrons. The summed E-state index contributed by atoms with van der Waals surface area (Å²) in [7, 11) is 0. The van der Waals surface area contributed by atoms with Crippen molar-refractivity contribution < 1.29 is 4.79 Å². The van der Waals surface area contributed by atoms with E-state index in [-0.39, 0.29) is 5.91 Å². The molecule has 1 aromatic rings. The number of hydrogen-bond acceptors (Lipinski definition) is 2. The van der Waals surface area contributed by atoms with Crippen molar-refractivity contribution in [2.75, 3.05) is 11.9 Å². The summed E-state index contributed by atoms with van der Waals surface area (Å²) < 4.78 is 0. The van der Waals surface area contributed by atoms with Gasteiger partial charge in [0.15, 0.2) is 0 Å². The lowest BCUT2D eigenvalue weighted by atomic mass is 9.94. The Labute approximate surface area is 129 Å². The molecule has 0 aliphatic carbocycles. The molecule has 3 N–H and O–H groups in total. The average molecular weight is 290 g/mol. The van der Waals surface area contributed by atoms with E-state index in [1.807, 2.05) is 18.2 Å². The molecular weight excluding hydrogens is 260 g/mol. The zero-order valence-electron chi connectivity index (χ0n) is 13.7. The van der Waals surface area contributed by atoms with Gasteiger partial charge in [-0.3, -0.25) is 4.79 Å². The fraction of sp³-hybridized carbons (Fsp3) is 0.611. The third-order valence-corrected chi connectivity index (χ3v) is 3.91. The third-order valence-electron chi connectivity index (χ3n) is 3.91. The summed E-state index contributed by atoms with van der Waals surface area (Å²) in [5.41, 5.74) is 7.78. The van der Waals surface area contributed by atoms with Gasteiger partial charge in [-0.1, -0.05) is 51.8 Å². The number of benzene rings is 1. The smallest absolute Gasteiger partial charge is 0.224 e. The molecule has 0 radical (unpaired) electrons. The van der Waals surface area contributed by atoms with E-state index in [0.717, 1.165) is 31.4 Å². The van der Waals surface area contributed by atoms with E-state index in [9.17, 15) is 4.79 Å². The highest BCUT2D eigenvalue weighted by Gasteiger charge is 2.12. The number of para-hydroxylation sites is 1. The minimum atomic E-state index is 0.112. The van der Waals surface area contributed by atoms with Crippen LogP contribution in [-0.2, 0) is 4.79 Å². The van der Waals surface area contributed by atoms with Crippen molar-refractivity contribution in [1.82, 2.24) is 0 Å². The topological polar surface area (TPSA) is 55.1 Å². The van der Waals surface area contributed by atoms with Gasteiger partial charge < -0.3 is 11.1 Å². The molecule has 0 saturated heterocycles. The van der Waals surface area contributed by atoms with Gasteiger partial charge in [-0.2, -0.15) is 0 Å². The Morgan fingerprint density at radius 1 is 1.19 bits per heavy atom. The maximum atomic E-state index is 12.2. The summed E-state index contributed by atoms with van der Waals surface area (Å²) in [6.07, 6.45) is 4.84. The molecule has 0 aliphatic heterocycles. The Hall–Kier alpha value is -1.35. The van der Waals surface area contributed by atoms with Crippen molar-refractivity contribution in [3.8, 4) is 0 Å². The molecule has 1 unspecified atom stereocenters. The Morgan fingerprint density at radius 3 is 2.52 bits per heavy atom. The van der Waals surface area contributed by atoms with E-state index in [1.54, 1.807) is 0 Å². The van der Waals surface area contributed by atoms with Crippen molar-refractivity contribution in [1.29, 1.82) is 0 Å². The minimum absolute atomic E-state index is 0.112. The Kier molecular flexibility index (Phi) is 8.06. The summed E-state index contributed by atoms with van der Waals surface area (Å²) >= 11 is 0. The molecule has 3 heteroatoms. The Balaban J connectivity index is 2.53. The van der Waals surface area contributed by atoms with Crippen LogP contribution in [-0.4, -0.2) is 12.5 Å². The summed E-state index contributed by atoms with van der Waals surface area (Å²) in [5, 5.41) is 3.06. The molecule has 1 amide bonds. The van der Waals surface area contributed by atoms with E-state index in [1.165, 1.54) is 5.56 Å². The lowest BCUT2D eigenvalue weighted by Gasteiger charge is -2.16. The van der Waals surface area contributed by atoms with E-state index in [0.29, 0.717) is 24.8 Å². The van der Waals surface area contributed by atoms with Gasteiger partial charge in [0.05, 0.1) is 0 Å². The quantitative estimate of drug-likeness (QED) is 0.712. The van der Waals surface area contributed by atoms with Gasteiger partial charge in [-0.05, 0) is 42.9 Å². The standard InChI is InChI=1S/C18H30N2O/c1-4-7-15(12-13-19)10-11-18(21)20-17-9-6-5-8-16(17)14(2)3/h5-6,8-9,14-15H,4,7,10-13,19H2,1-3H3,(H,20,21). The minimum Gasteiger partial charge on any atom is -0.330 e. The second-order valence-electron chi connectivity index (χ2n) is 6.06. The van der Waals surface area contributed by atoms with E-state index in [2.05, 4.69) is 32.2 Å². The Bertz CT molecular complexity index is 423. The highest BCUT2D eigenvalue weighted by atomic mass is 16.1. The van der Waals surface area contributed by atoms with Gasteiger partial charge in [0.2, 0.25) is 5.91 Å². The van der Waals surface area contributed by atoms with Crippen LogP contribution in [0.25, 0.3) is 0 Å². The van der Waals surface area contributed by atoms with Crippen LogP contribution in [0, 0.1) is 5.92 Å². The number of nitrogens with two attached hydrogens (primary N) is 1. The molecule has 1 atom stereocenters. The van der Waals surface area contributed by atoms with Gasteiger partial charge in [-0.25, -0.2) is 0 Å². The zero-order valence-corrected chi connectivity index (χ0v) is 13.7. The van der Waals surface area contributed by atoms with Crippen LogP contribution >= 0.6 is 0 Å². The number of carbonyl (C=O) groups is 1. The van der Waals surface area contributed by atoms with Crippen LogP contribution in [0.1, 0.15) is 64.4 Å². The maximum Gasteiger partial charge on any atom is 0.224 e. The van der Waals surface area contributed by atoms with E-state index in [4.69, 9.17) is 5.73 Å². The first-order valence-corrected chi connectivity index (χ1v) is 8.17. The number of hydrogen-bond donors (Lipinski definition) is 2. The summed E-state index contributed by atoms with van der Waals surface area (Å²) in [4.78, 5) is 12.2. The number of nitrogens with one attached hydrogen (secondary N) is 1. The Morgan fingerprint density at radius 2 is 1.90 bits per heavy atom. The number of amides is 1. The highest BCUT2D eigenvalue weighted by molar-refractivity contribution is 5.91. The SMILES string of the molecule is CCCC(CCN)CCC(=O)Nc1ccccc1C(C)C. The lowest BCUT2D eigenvalue weighted by molar-refractivity contribution is -0.116. The summed E-state index contributed by atoms with van der Waals surface area (Å²) in [6.45, 7) is 7.18. The van der Waals surface area contributed by atoms with Gasteiger partial charge in [0.1, 0.15) is 0 Å². The molecule has 0 heterocycles. The molecule has 0 fully saturated rings. The second-order valence-corrected chi connectivity index (χ2v) is 6.06. The van der Waals surface area contributed by atoms with Crippen molar-refractivity contribution in [2.45, 2.75) is 58.8 Å². The molecule has 21 heavy (non-hydrogen) atoms. The van der Waals surface area contributed by atoms with Crippen LogP contribution < -0.4 is 11.1 Å². The van der Waals surface area contributed by atoms with Crippen LogP contribution in [0.2, 0.25) is 0 Å². The molecule has 0 aromatic heterocycles. The van der Waals surface area contributed by atoms with E-state index >= 15 is 0 Å². The van der Waals surface area contributed by atoms with Crippen LogP contribution in [0.15, 0.2) is 24.3 Å². The second kappa shape index (κ2) is 9.56. The van der Waals surface area contributed by atoms with Gasteiger partial charge in [-0.15, -0.1) is 0 Å². The molecule has 0 bridgehead atoms. The first kappa shape index (κ1) is 17.7. The molecule has 0 spiro atoms. The van der Waals surface area contributed by atoms with Crippen LogP contribution in [0.3, 0.4) is 0 Å². The largest absolute Gasteiger partial charge is 0.330 e. The fourth-order valence-corrected chi connectivity index (χ4v) is 2.74. The lowest BCUT2D eigenvalue weighted by Crippen LogP contribution is -2.16. The first-order chi connectivity index (χ1) is 10.1. The average Bonchev–Trinajstić information content (AvgIpc) is 2.45. The van der Waals surface area contributed by atoms with Crippen molar-refractivity contribution >= 4 is 11.6 Å². The molecule has 0 saturated carbocycles. The molecular formula is C18H30N2O. The summed E-state index contributed by atoms with van der Waals surface area (Å²) in [5.74, 6) is 1.10. The number of rotatable bonds is 9. The first-order valence-electron chi connectivity index (χ1n) is 8.17. The highest BCUT2D eigenvalue weighted by Crippen LogP contribution is 2.24. The molecule has 1 aromatic carbocycles. The monoisotopic (exact) mass is 290 g/mol. The number of anilines is 1. The van der Waals surface area contributed by atoms with Crippen molar-refractivity contribution in [3.05, 3.63) is 29.8 Å². The predicted molar refractivity (Wildman–Crippen MR) is 90.5 cm³/mol.